The molecule has 1 saturated carbocycles. The Morgan fingerprint density at radius 2 is 1.58 bits per heavy atom. The summed E-state index contributed by atoms with van der Waals surface area (Å²) in [6.45, 7) is 7.09. The summed E-state index contributed by atoms with van der Waals surface area (Å²) in [5.41, 5.74) is 0. The van der Waals surface area contributed by atoms with Crippen molar-refractivity contribution >= 4 is 0 Å². The fourth-order valence-electron chi connectivity index (χ4n) is 2.81. The summed E-state index contributed by atoms with van der Waals surface area (Å²) >= 11 is 0. The van der Waals surface area contributed by atoms with Gasteiger partial charge in [0.2, 0.25) is 0 Å². The Morgan fingerprint density at radius 3 is 1.83 bits per heavy atom. The summed E-state index contributed by atoms with van der Waals surface area (Å²) in [4.78, 5) is 0. The quantitative estimate of drug-likeness (QED) is 0.575. The zero-order valence-corrected chi connectivity index (χ0v) is 8.97. The van der Waals surface area contributed by atoms with Crippen LogP contribution in [0.5, 0.6) is 0 Å². The van der Waals surface area contributed by atoms with Crippen LogP contribution >= 0.6 is 0 Å². The molecule has 0 bridgehead atoms. The van der Waals surface area contributed by atoms with Gasteiger partial charge in [-0.1, -0.05) is 59.3 Å². The van der Waals surface area contributed by atoms with Crippen LogP contribution in [-0.2, 0) is 0 Å². The van der Waals surface area contributed by atoms with E-state index in [4.69, 9.17) is 0 Å². The Bertz CT molecular complexity index is 109. The molecule has 0 amide bonds. The molecule has 0 saturated heterocycles. The Labute approximate surface area is 77.7 Å². The SMILES string of the molecule is CCC(CC)C(CC)C1CCC1. The monoisotopic (exact) mass is 168 g/mol. The molecule has 1 unspecified atom stereocenters. The summed E-state index contributed by atoms with van der Waals surface area (Å²) in [6, 6.07) is 0. The molecule has 12 heavy (non-hydrogen) atoms. The van der Waals surface area contributed by atoms with Crippen molar-refractivity contribution in [2.45, 2.75) is 59.3 Å². The zero-order chi connectivity index (χ0) is 8.97. The van der Waals surface area contributed by atoms with Gasteiger partial charge in [0.15, 0.2) is 0 Å². The maximum Gasteiger partial charge on any atom is -0.0360 e. The van der Waals surface area contributed by atoms with Crippen LogP contribution in [0.4, 0.5) is 0 Å². The van der Waals surface area contributed by atoms with Crippen LogP contribution in [0, 0.1) is 17.8 Å². The minimum atomic E-state index is 1.01. The molecule has 1 atom stereocenters. The first kappa shape index (κ1) is 10.1. The van der Waals surface area contributed by atoms with E-state index < -0.39 is 0 Å². The van der Waals surface area contributed by atoms with Gasteiger partial charge in [-0.05, 0) is 17.8 Å². The molecular formula is C12H24. The van der Waals surface area contributed by atoms with E-state index in [-0.39, 0.29) is 0 Å². The second kappa shape index (κ2) is 4.89. The molecule has 1 rings (SSSR count). The lowest BCUT2D eigenvalue weighted by Gasteiger charge is -2.37. The van der Waals surface area contributed by atoms with Crippen LogP contribution < -0.4 is 0 Å². The van der Waals surface area contributed by atoms with Gasteiger partial charge in [0.25, 0.3) is 0 Å². The van der Waals surface area contributed by atoms with E-state index in [0.717, 1.165) is 17.8 Å². The molecule has 0 heteroatoms. The highest BCUT2D eigenvalue weighted by atomic mass is 14.3. The third-order valence-electron chi connectivity index (χ3n) is 3.88. The Kier molecular flexibility index (Phi) is 4.11. The Balaban J connectivity index is 2.40. The molecule has 0 radical (unpaired) electrons. The van der Waals surface area contributed by atoms with Crippen molar-refractivity contribution in [3.8, 4) is 0 Å². The second-order valence-corrected chi connectivity index (χ2v) is 4.34. The molecule has 0 aromatic rings. The summed E-state index contributed by atoms with van der Waals surface area (Å²) < 4.78 is 0. The molecule has 0 aromatic carbocycles. The average Bonchev–Trinajstić information content (AvgIpc) is 2.01. The van der Waals surface area contributed by atoms with Crippen LogP contribution in [0.3, 0.4) is 0 Å². The maximum absolute atomic E-state index is 2.38. The number of rotatable bonds is 5. The molecular weight excluding hydrogens is 144 g/mol. The van der Waals surface area contributed by atoms with E-state index in [1.807, 2.05) is 0 Å². The molecule has 0 nitrogen and oxygen atoms in total. The maximum atomic E-state index is 2.38. The van der Waals surface area contributed by atoms with Gasteiger partial charge in [0, 0.05) is 0 Å². The minimum absolute atomic E-state index is 1.01. The van der Waals surface area contributed by atoms with Crippen molar-refractivity contribution in [1.29, 1.82) is 0 Å². The van der Waals surface area contributed by atoms with Gasteiger partial charge >= 0.3 is 0 Å². The lowest BCUT2D eigenvalue weighted by molar-refractivity contribution is 0.132. The van der Waals surface area contributed by atoms with E-state index in [1.165, 1.54) is 38.5 Å². The molecule has 72 valence electrons. The molecule has 0 spiro atoms. The minimum Gasteiger partial charge on any atom is -0.0651 e. The van der Waals surface area contributed by atoms with Gasteiger partial charge in [-0.3, -0.25) is 0 Å². The van der Waals surface area contributed by atoms with Crippen LogP contribution in [0.25, 0.3) is 0 Å². The molecule has 0 aromatic heterocycles. The fourth-order valence-corrected chi connectivity index (χ4v) is 2.81. The molecule has 0 aliphatic heterocycles. The molecule has 0 heterocycles. The average molecular weight is 168 g/mol. The summed E-state index contributed by atoms with van der Waals surface area (Å²) in [7, 11) is 0. The van der Waals surface area contributed by atoms with E-state index in [9.17, 15) is 0 Å². The molecule has 1 aliphatic rings. The lowest BCUT2D eigenvalue weighted by Crippen LogP contribution is -2.27. The molecule has 1 aliphatic carbocycles. The van der Waals surface area contributed by atoms with Crippen molar-refractivity contribution in [1.82, 2.24) is 0 Å². The van der Waals surface area contributed by atoms with Gasteiger partial charge in [0.05, 0.1) is 0 Å². The largest absolute Gasteiger partial charge is 0.0651 e. The van der Waals surface area contributed by atoms with Crippen LogP contribution in [0.1, 0.15) is 59.3 Å². The van der Waals surface area contributed by atoms with Crippen LogP contribution in [0.15, 0.2) is 0 Å². The van der Waals surface area contributed by atoms with Gasteiger partial charge in [-0.15, -0.1) is 0 Å². The highest BCUT2D eigenvalue weighted by molar-refractivity contribution is 4.80. The standard InChI is InChI=1S/C12H24/c1-4-10(5-2)12(6-3)11-8-7-9-11/h10-12H,4-9H2,1-3H3. The highest BCUT2D eigenvalue weighted by Gasteiger charge is 2.29. The van der Waals surface area contributed by atoms with Gasteiger partial charge < -0.3 is 0 Å². The third-order valence-corrected chi connectivity index (χ3v) is 3.88. The van der Waals surface area contributed by atoms with Crippen molar-refractivity contribution in [3.05, 3.63) is 0 Å². The normalized spacial score (nSPS) is 21.0. The van der Waals surface area contributed by atoms with E-state index in [2.05, 4.69) is 20.8 Å². The van der Waals surface area contributed by atoms with Crippen molar-refractivity contribution in [3.63, 3.8) is 0 Å². The first-order chi connectivity index (χ1) is 5.83. The summed E-state index contributed by atoms with van der Waals surface area (Å²) in [5.74, 6) is 3.16. The van der Waals surface area contributed by atoms with E-state index in [1.54, 1.807) is 0 Å². The summed E-state index contributed by atoms with van der Waals surface area (Å²) in [6.07, 6.45) is 8.75. The third kappa shape index (κ3) is 2.02. The number of hydrogen-bond donors (Lipinski definition) is 0. The van der Waals surface area contributed by atoms with Gasteiger partial charge in [0.1, 0.15) is 0 Å². The first-order valence-electron chi connectivity index (χ1n) is 5.83. The van der Waals surface area contributed by atoms with Crippen molar-refractivity contribution < 1.29 is 0 Å². The predicted molar refractivity (Wildman–Crippen MR) is 55.2 cm³/mol. The first-order valence-corrected chi connectivity index (χ1v) is 5.83. The summed E-state index contributed by atoms with van der Waals surface area (Å²) in [5, 5.41) is 0. The predicted octanol–water partition coefficient (Wildman–Crippen LogP) is 4.25. The van der Waals surface area contributed by atoms with Crippen molar-refractivity contribution in [2.75, 3.05) is 0 Å². The number of hydrogen-bond acceptors (Lipinski definition) is 0. The second-order valence-electron chi connectivity index (χ2n) is 4.34. The Hall–Kier alpha value is 0. The van der Waals surface area contributed by atoms with E-state index in [0.29, 0.717) is 0 Å². The zero-order valence-electron chi connectivity index (χ0n) is 8.97. The highest BCUT2D eigenvalue weighted by Crippen LogP contribution is 2.40. The van der Waals surface area contributed by atoms with Crippen LogP contribution in [-0.4, -0.2) is 0 Å². The Morgan fingerprint density at radius 1 is 1.00 bits per heavy atom. The van der Waals surface area contributed by atoms with E-state index >= 15 is 0 Å². The van der Waals surface area contributed by atoms with Gasteiger partial charge in [-0.2, -0.15) is 0 Å². The fraction of sp³-hybridized carbons (Fsp3) is 1.00. The van der Waals surface area contributed by atoms with Crippen molar-refractivity contribution in [2.24, 2.45) is 17.8 Å². The molecule has 0 N–H and O–H groups in total. The molecule has 1 fully saturated rings. The lowest BCUT2D eigenvalue weighted by atomic mass is 9.68. The van der Waals surface area contributed by atoms with Gasteiger partial charge in [-0.25, -0.2) is 0 Å². The smallest absolute Gasteiger partial charge is 0.0360 e. The topological polar surface area (TPSA) is 0 Å². The van der Waals surface area contributed by atoms with Crippen LogP contribution in [0.2, 0.25) is 0 Å².